The molecule has 0 amide bonds. The van der Waals surface area contributed by atoms with Gasteiger partial charge in [0.1, 0.15) is 6.10 Å². The highest BCUT2D eigenvalue weighted by atomic mass is 16.6. The van der Waals surface area contributed by atoms with Crippen molar-refractivity contribution >= 4 is 11.6 Å². The summed E-state index contributed by atoms with van der Waals surface area (Å²) in [6, 6.07) is 5.60. The van der Waals surface area contributed by atoms with Gasteiger partial charge in [-0.1, -0.05) is 30.3 Å². The maximum absolute atomic E-state index is 13.4. The number of hydrogen-bond donors (Lipinski definition) is 3. The number of carbonyl (C=O) groups excluding carboxylic acids is 2. The number of aliphatic hydroxyl groups is 2. The van der Waals surface area contributed by atoms with Crippen LogP contribution in [0.4, 0.5) is 0 Å². The standard InChI is InChI=1S/C21H21NO6/c1-11-18(23)14(22)10-21(26,28-11)17-16(15-8-4-5-9-27-15)19(24)12-6-2-3-7-13(12)20(17)25/h2-9,11,14-15,18,23,26H,10,22H2,1H3/t11-,14-,15?,18+,21?/m0/s1. The Balaban J connectivity index is 1.91. The predicted molar refractivity (Wildman–Crippen MR) is 99.4 cm³/mol. The van der Waals surface area contributed by atoms with E-state index in [1.807, 2.05) is 0 Å². The molecule has 28 heavy (non-hydrogen) atoms. The van der Waals surface area contributed by atoms with Gasteiger partial charge in [0.05, 0.1) is 29.6 Å². The van der Waals surface area contributed by atoms with Crippen molar-refractivity contribution in [2.45, 2.75) is 43.5 Å². The molecule has 1 aromatic rings. The Morgan fingerprint density at radius 1 is 1.14 bits per heavy atom. The molecule has 4 N–H and O–H groups in total. The molecule has 2 aliphatic heterocycles. The number of fused-ring (bicyclic) bond motifs is 1. The monoisotopic (exact) mass is 383 g/mol. The maximum Gasteiger partial charge on any atom is 0.198 e. The van der Waals surface area contributed by atoms with Crippen LogP contribution in [0, 0.1) is 0 Å². The fraction of sp³-hybridized carbons (Fsp3) is 0.333. The molecule has 5 atom stereocenters. The van der Waals surface area contributed by atoms with Crippen LogP contribution in [0.3, 0.4) is 0 Å². The van der Waals surface area contributed by atoms with Gasteiger partial charge in [0.15, 0.2) is 17.4 Å². The number of allylic oxidation sites excluding steroid dienone is 2. The summed E-state index contributed by atoms with van der Waals surface area (Å²) in [6.07, 6.45) is 3.48. The SMILES string of the molecule is C[C@@H]1OC(O)(C2=C(C3C=CC=CO3)C(=O)c3ccccc3C2=O)C[C@H](N)[C@@H]1O. The fourth-order valence-corrected chi connectivity index (χ4v) is 3.98. The van der Waals surface area contributed by atoms with Crippen molar-refractivity contribution in [3.05, 3.63) is 71.0 Å². The van der Waals surface area contributed by atoms with Crippen LogP contribution in [0.2, 0.25) is 0 Å². The first-order valence-corrected chi connectivity index (χ1v) is 9.09. The minimum atomic E-state index is -2.12. The third-order valence-electron chi connectivity index (χ3n) is 5.35. The van der Waals surface area contributed by atoms with Gasteiger partial charge in [-0.25, -0.2) is 0 Å². The normalized spacial score (nSPS) is 35.0. The van der Waals surface area contributed by atoms with Crippen LogP contribution in [0.15, 0.2) is 59.9 Å². The minimum absolute atomic E-state index is 0.0163. The van der Waals surface area contributed by atoms with Crippen LogP contribution in [0.25, 0.3) is 0 Å². The Kier molecular flexibility index (Phi) is 4.55. The summed E-state index contributed by atoms with van der Waals surface area (Å²) >= 11 is 0. The highest BCUT2D eigenvalue weighted by Crippen LogP contribution is 2.41. The number of nitrogens with two attached hydrogens (primary N) is 1. The molecule has 1 aliphatic carbocycles. The summed E-state index contributed by atoms with van der Waals surface area (Å²) in [5, 5.41) is 21.4. The molecular formula is C21H21NO6. The third kappa shape index (κ3) is 2.84. The van der Waals surface area contributed by atoms with Crippen LogP contribution in [0.5, 0.6) is 0 Å². The van der Waals surface area contributed by atoms with E-state index in [1.54, 1.807) is 43.4 Å². The number of benzene rings is 1. The molecule has 2 unspecified atom stereocenters. The van der Waals surface area contributed by atoms with E-state index in [9.17, 15) is 19.8 Å². The summed E-state index contributed by atoms with van der Waals surface area (Å²) in [5.41, 5.74) is 6.25. The summed E-state index contributed by atoms with van der Waals surface area (Å²) in [6.45, 7) is 1.55. The number of ketones is 2. The van der Waals surface area contributed by atoms with Crippen LogP contribution in [0.1, 0.15) is 34.1 Å². The fourth-order valence-electron chi connectivity index (χ4n) is 3.98. The van der Waals surface area contributed by atoms with E-state index < -0.39 is 41.7 Å². The van der Waals surface area contributed by atoms with E-state index in [-0.39, 0.29) is 28.7 Å². The second-order valence-electron chi connectivity index (χ2n) is 7.23. The largest absolute Gasteiger partial charge is 0.489 e. The third-order valence-corrected chi connectivity index (χ3v) is 5.35. The molecule has 4 rings (SSSR count). The molecule has 0 radical (unpaired) electrons. The molecule has 146 valence electrons. The smallest absolute Gasteiger partial charge is 0.198 e. The van der Waals surface area contributed by atoms with E-state index in [2.05, 4.69) is 0 Å². The molecule has 3 aliphatic rings. The molecule has 1 fully saturated rings. The zero-order chi connectivity index (χ0) is 20.1. The lowest BCUT2D eigenvalue weighted by atomic mass is 9.75. The molecule has 2 heterocycles. The van der Waals surface area contributed by atoms with Gasteiger partial charge < -0.3 is 25.4 Å². The second-order valence-corrected chi connectivity index (χ2v) is 7.23. The molecule has 0 bridgehead atoms. The van der Waals surface area contributed by atoms with Gasteiger partial charge in [-0.15, -0.1) is 0 Å². The first-order valence-electron chi connectivity index (χ1n) is 9.09. The van der Waals surface area contributed by atoms with Gasteiger partial charge >= 0.3 is 0 Å². The number of carbonyl (C=O) groups is 2. The van der Waals surface area contributed by atoms with E-state index >= 15 is 0 Å². The molecule has 0 spiro atoms. The minimum Gasteiger partial charge on any atom is -0.489 e. The number of aliphatic hydroxyl groups excluding tert-OH is 1. The molecule has 1 aromatic carbocycles. The number of ether oxygens (including phenoxy) is 2. The highest BCUT2D eigenvalue weighted by molar-refractivity contribution is 6.28. The first kappa shape index (κ1) is 18.8. The molecule has 0 aromatic heterocycles. The molecular weight excluding hydrogens is 362 g/mol. The number of hydrogen-bond acceptors (Lipinski definition) is 7. The van der Waals surface area contributed by atoms with Gasteiger partial charge in [0.25, 0.3) is 0 Å². The highest BCUT2D eigenvalue weighted by Gasteiger charge is 2.52. The van der Waals surface area contributed by atoms with E-state index in [0.717, 1.165) is 0 Å². The van der Waals surface area contributed by atoms with Crippen LogP contribution in [-0.2, 0) is 9.47 Å². The summed E-state index contributed by atoms with van der Waals surface area (Å²) in [7, 11) is 0. The molecule has 1 saturated heterocycles. The molecule has 0 saturated carbocycles. The van der Waals surface area contributed by atoms with Crippen molar-refractivity contribution in [3.63, 3.8) is 0 Å². The summed E-state index contributed by atoms with van der Waals surface area (Å²) in [4.78, 5) is 26.7. The zero-order valence-corrected chi connectivity index (χ0v) is 15.2. The van der Waals surface area contributed by atoms with Crippen LogP contribution < -0.4 is 5.73 Å². The topological polar surface area (TPSA) is 119 Å². The van der Waals surface area contributed by atoms with Gasteiger partial charge in [0.2, 0.25) is 0 Å². The number of Topliss-reactive ketones (excluding diaryl/α,β-unsaturated/α-hetero) is 2. The van der Waals surface area contributed by atoms with Crippen molar-refractivity contribution in [1.82, 2.24) is 0 Å². The van der Waals surface area contributed by atoms with Crippen molar-refractivity contribution in [3.8, 4) is 0 Å². The van der Waals surface area contributed by atoms with E-state index in [1.165, 1.54) is 12.3 Å². The Hall–Kier alpha value is -2.58. The first-order chi connectivity index (χ1) is 13.3. The predicted octanol–water partition coefficient (Wildman–Crippen LogP) is 1.02. The van der Waals surface area contributed by atoms with E-state index in [0.29, 0.717) is 0 Å². The van der Waals surface area contributed by atoms with E-state index in [4.69, 9.17) is 15.2 Å². The Bertz CT molecular complexity index is 919. The quantitative estimate of drug-likeness (QED) is 0.697. The molecule has 7 heteroatoms. The second kappa shape index (κ2) is 6.79. The zero-order valence-electron chi connectivity index (χ0n) is 15.2. The Morgan fingerprint density at radius 2 is 1.82 bits per heavy atom. The van der Waals surface area contributed by atoms with Crippen molar-refractivity contribution < 1.29 is 29.3 Å². The average molecular weight is 383 g/mol. The maximum atomic E-state index is 13.4. The number of rotatable bonds is 2. The van der Waals surface area contributed by atoms with Crippen LogP contribution in [-0.4, -0.2) is 51.9 Å². The van der Waals surface area contributed by atoms with Gasteiger partial charge in [-0.3, -0.25) is 9.59 Å². The Labute approximate surface area is 161 Å². The lowest BCUT2D eigenvalue weighted by molar-refractivity contribution is -0.253. The Morgan fingerprint density at radius 3 is 2.43 bits per heavy atom. The van der Waals surface area contributed by atoms with Gasteiger partial charge in [-0.05, 0) is 19.1 Å². The van der Waals surface area contributed by atoms with Gasteiger partial charge in [-0.2, -0.15) is 0 Å². The summed E-state index contributed by atoms with van der Waals surface area (Å²) < 4.78 is 11.2. The molecule has 7 nitrogen and oxygen atoms in total. The van der Waals surface area contributed by atoms with Gasteiger partial charge in [0, 0.05) is 23.6 Å². The van der Waals surface area contributed by atoms with Crippen molar-refractivity contribution in [2.24, 2.45) is 5.73 Å². The summed E-state index contributed by atoms with van der Waals surface area (Å²) in [5.74, 6) is -3.05. The van der Waals surface area contributed by atoms with Crippen molar-refractivity contribution in [1.29, 1.82) is 0 Å². The van der Waals surface area contributed by atoms with Crippen LogP contribution >= 0.6 is 0 Å². The lowest BCUT2D eigenvalue weighted by Gasteiger charge is -2.44. The lowest BCUT2D eigenvalue weighted by Crippen LogP contribution is -2.59. The van der Waals surface area contributed by atoms with Crippen molar-refractivity contribution in [2.75, 3.05) is 0 Å². The average Bonchev–Trinajstić information content (AvgIpc) is 2.69.